The van der Waals surface area contributed by atoms with Crippen molar-refractivity contribution in [2.75, 3.05) is 65.4 Å². The zero-order valence-corrected chi connectivity index (χ0v) is 75.2. The first-order valence-electron chi connectivity index (χ1n) is 42.8. The second kappa shape index (κ2) is 38.9. The normalized spacial score (nSPS) is 19.1. The first-order chi connectivity index (χ1) is 53.6. The summed E-state index contributed by atoms with van der Waals surface area (Å²) in [6, 6.07) is 34.1. The predicted molar refractivity (Wildman–Crippen MR) is 456 cm³/mol. The van der Waals surface area contributed by atoms with Gasteiger partial charge in [0, 0.05) is 110 Å². The van der Waals surface area contributed by atoms with Crippen LogP contribution >= 0.6 is 0 Å². The van der Waals surface area contributed by atoms with Crippen LogP contribution in [0.2, 0.25) is 0 Å². The Morgan fingerprint density at radius 3 is 0.810 bits per heavy atom. The molecule has 4 aromatic rings. The van der Waals surface area contributed by atoms with Crippen molar-refractivity contribution in [3.63, 3.8) is 0 Å². The summed E-state index contributed by atoms with van der Waals surface area (Å²) in [5.41, 5.74) is 3.49. The van der Waals surface area contributed by atoms with E-state index in [0.717, 1.165) is 44.5 Å². The van der Waals surface area contributed by atoms with Crippen molar-refractivity contribution >= 4 is 47.9 Å². The van der Waals surface area contributed by atoms with Crippen molar-refractivity contribution in [3.05, 3.63) is 142 Å². The van der Waals surface area contributed by atoms with Gasteiger partial charge in [-0.2, -0.15) is 0 Å². The van der Waals surface area contributed by atoms with Gasteiger partial charge in [0.15, 0.2) is 0 Å². The summed E-state index contributed by atoms with van der Waals surface area (Å²) in [5.74, 6) is -3.01. The molecule has 0 aromatic heterocycles. The molecule has 0 unspecified atom stereocenters. The van der Waals surface area contributed by atoms with Crippen LogP contribution in [0.3, 0.4) is 0 Å². The zero-order valence-electron chi connectivity index (χ0n) is 75.2. The summed E-state index contributed by atoms with van der Waals surface area (Å²) in [4.78, 5) is 125. The molecule has 4 saturated heterocycles. The number of carbonyl (C=O) groups excluding carboxylic acids is 8. The lowest BCUT2D eigenvalue weighted by Crippen LogP contribution is -2.38. The highest BCUT2D eigenvalue weighted by atomic mass is 16.6. The first kappa shape index (κ1) is 93.7. The molecule has 0 aliphatic carbocycles. The molecule has 20 heteroatoms. The third-order valence-electron chi connectivity index (χ3n) is 21.6. The van der Waals surface area contributed by atoms with Crippen molar-refractivity contribution in [3.8, 4) is 0 Å². The summed E-state index contributed by atoms with van der Waals surface area (Å²) in [6.45, 7) is 53.1. The van der Waals surface area contributed by atoms with E-state index in [0.29, 0.717) is 156 Å². The Labute approximate surface area is 695 Å². The van der Waals surface area contributed by atoms with Gasteiger partial charge in [0.25, 0.3) is 0 Å². The number of carbonyl (C=O) groups is 8. The van der Waals surface area contributed by atoms with Crippen LogP contribution in [0.15, 0.2) is 97.1 Å². The molecule has 4 aliphatic heterocycles. The Bertz CT molecular complexity index is 3490. The molecule has 4 fully saturated rings. The highest BCUT2D eigenvalue weighted by Gasteiger charge is 2.44. The third kappa shape index (κ3) is 31.5. The van der Waals surface area contributed by atoms with E-state index >= 15 is 0 Å². The highest BCUT2D eigenvalue weighted by Crippen LogP contribution is 2.38. The minimum Gasteiger partial charge on any atom is -0.460 e. The van der Waals surface area contributed by atoms with Gasteiger partial charge in [-0.3, -0.25) is 33.8 Å². The summed E-state index contributed by atoms with van der Waals surface area (Å²) < 4.78 is 36.0. The van der Waals surface area contributed by atoms with Crippen LogP contribution in [0, 0.1) is 58.2 Å². The van der Waals surface area contributed by atoms with Gasteiger partial charge in [-0.05, 0) is 255 Å². The summed E-state index contributed by atoms with van der Waals surface area (Å²) in [5, 5.41) is 0. The highest BCUT2D eigenvalue weighted by molar-refractivity contribution is 5.83. The quantitative estimate of drug-likeness (QED) is 0.0365. The lowest BCUT2D eigenvalue weighted by molar-refractivity contribution is -0.163. The monoisotopic (exact) mass is 1610 g/mol. The van der Waals surface area contributed by atoms with Gasteiger partial charge in [-0.25, -0.2) is 14.4 Å². The Hall–Kier alpha value is -7.84. The van der Waals surface area contributed by atoms with Crippen LogP contribution in [0.4, 0.5) is 14.4 Å². The fourth-order valence-corrected chi connectivity index (χ4v) is 16.6. The van der Waals surface area contributed by atoms with E-state index in [-0.39, 0.29) is 76.1 Å². The SMILES string of the molecule is CC(C)(C)CC(=O)[C@@H](Cc1cccc(CN(CCN(Cc2cccc(C[C@H](C(=O)OC(C)(C)C)[C@H]3CCN(C(=O)CC(C)(C)C)C3)c2)Cc2cccc(C[C@H](C(=O)OC(C)(C)C)[C@H]3CCN(C(=O)OC(C)(C)C)C3)c2)Cc2cccc(C[C@H](C(=O)OC(C)(C)C)[C@H]3CCN(C(=O)OC(C)(C)C)C3)c2)c1)[C@H]1CCN(C(=O)OC(C)(C)C)C1. The summed E-state index contributed by atoms with van der Waals surface area (Å²) >= 11 is 0. The number of benzene rings is 4. The van der Waals surface area contributed by atoms with Crippen LogP contribution in [0.25, 0.3) is 0 Å². The maximum Gasteiger partial charge on any atom is 0.410 e. The Morgan fingerprint density at radius 2 is 0.552 bits per heavy atom. The van der Waals surface area contributed by atoms with Crippen molar-refractivity contribution in [1.29, 1.82) is 0 Å². The van der Waals surface area contributed by atoms with Crippen LogP contribution in [0.1, 0.15) is 249 Å². The van der Waals surface area contributed by atoms with Crippen LogP contribution in [0.5, 0.6) is 0 Å². The van der Waals surface area contributed by atoms with E-state index in [1.807, 2.05) is 130 Å². The van der Waals surface area contributed by atoms with E-state index in [2.05, 4.69) is 148 Å². The maximum absolute atomic E-state index is 14.7. The van der Waals surface area contributed by atoms with E-state index in [1.54, 1.807) is 14.7 Å². The number of esters is 3. The third-order valence-corrected chi connectivity index (χ3v) is 21.6. The predicted octanol–water partition coefficient (Wildman–Crippen LogP) is 18.1. The molecule has 0 radical (unpaired) electrons. The van der Waals surface area contributed by atoms with Gasteiger partial charge >= 0.3 is 36.2 Å². The molecule has 642 valence electrons. The van der Waals surface area contributed by atoms with Crippen molar-refractivity contribution in [1.82, 2.24) is 29.4 Å². The molecule has 4 aromatic carbocycles. The summed E-state index contributed by atoms with van der Waals surface area (Å²) in [6.07, 6.45) is 4.02. The number of likely N-dealkylation sites (tertiary alicyclic amines) is 4. The first-order valence-corrected chi connectivity index (χ1v) is 42.8. The Morgan fingerprint density at radius 1 is 0.319 bits per heavy atom. The van der Waals surface area contributed by atoms with Gasteiger partial charge < -0.3 is 48.0 Å². The van der Waals surface area contributed by atoms with Gasteiger partial charge in [0.2, 0.25) is 5.91 Å². The van der Waals surface area contributed by atoms with E-state index in [9.17, 15) is 38.4 Å². The molecule has 0 saturated carbocycles. The molecule has 0 N–H and O–H groups in total. The number of nitrogens with zero attached hydrogens (tertiary/aromatic N) is 6. The smallest absolute Gasteiger partial charge is 0.410 e. The standard InChI is InChI=1S/C96H144N6O14/c1-89(2,3)55-81(103)77(73-38-42-100(62-73)86(108)114-94(16,17)18)51-65-29-25-33-69(47-65)57-97(58-71-35-27-31-67(49-71)53-79(84(106)112-92(10,11)12)75-39-43-101(63-75)87(109)115-95(19,20)21)45-46-98(59-70-34-26-30-66(48-70)52-78(83(105)111-91(7,8)9)74-37-41-99(61-74)82(104)56-90(4,5)6)60-72-36-28-32-68(50-72)54-80(85(107)113-93(13,14)15)76-40-44-102(64-76)88(110)116-96(22,23)24/h25-36,47-50,73-80H,37-46,51-64H2,1-24H3/t73-,74-,75-,76-,77-,78-,79-,80-/m0/s1. The number of rotatable bonds is 29. The van der Waals surface area contributed by atoms with Gasteiger partial charge in [-0.15, -0.1) is 0 Å². The van der Waals surface area contributed by atoms with Crippen molar-refractivity contribution in [2.24, 2.45) is 58.2 Å². The minimum absolute atomic E-state index is 0.0555. The van der Waals surface area contributed by atoms with Crippen LogP contribution < -0.4 is 0 Å². The number of ketones is 1. The maximum atomic E-state index is 14.7. The molecule has 0 spiro atoms. The molecular formula is C96H144N6O14. The molecule has 8 atom stereocenters. The fraction of sp³-hybridized carbons (Fsp3) is 0.667. The molecular weight excluding hydrogens is 1460 g/mol. The molecule has 0 bridgehead atoms. The molecule has 116 heavy (non-hydrogen) atoms. The second-order valence-electron chi connectivity index (χ2n) is 42.3. The molecule has 4 amide bonds. The Kier molecular flexibility index (Phi) is 31.4. The lowest BCUT2D eigenvalue weighted by atomic mass is 9.77. The molecule has 4 aliphatic rings. The van der Waals surface area contributed by atoms with Gasteiger partial charge in [-0.1, -0.05) is 139 Å². The van der Waals surface area contributed by atoms with Crippen LogP contribution in [-0.4, -0.2) is 176 Å². The van der Waals surface area contributed by atoms with Crippen LogP contribution in [-0.2, 0) is 104 Å². The van der Waals surface area contributed by atoms with Crippen molar-refractivity contribution < 1.29 is 66.8 Å². The number of ether oxygens (including phenoxy) is 6. The number of hydrogen-bond donors (Lipinski definition) is 0. The molecule has 4 heterocycles. The van der Waals surface area contributed by atoms with Gasteiger partial charge in [0.1, 0.15) is 39.4 Å². The lowest BCUT2D eigenvalue weighted by Gasteiger charge is -2.30. The largest absolute Gasteiger partial charge is 0.460 e. The Balaban J connectivity index is 1.18. The van der Waals surface area contributed by atoms with Gasteiger partial charge in [0.05, 0.1) is 17.8 Å². The average molecular weight is 1610 g/mol. The summed E-state index contributed by atoms with van der Waals surface area (Å²) in [7, 11) is 0. The number of hydrogen-bond acceptors (Lipinski definition) is 16. The average Bonchev–Trinajstić information content (AvgIpc) is 1.62. The van der Waals surface area contributed by atoms with E-state index < -0.39 is 63.5 Å². The number of amides is 4. The van der Waals surface area contributed by atoms with E-state index in [4.69, 9.17) is 28.4 Å². The topological polar surface area (TPSA) is 211 Å². The second-order valence-corrected chi connectivity index (χ2v) is 42.3. The fourth-order valence-electron chi connectivity index (χ4n) is 16.6. The van der Waals surface area contributed by atoms with Crippen molar-refractivity contribution in [2.45, 2.75) is 290 Å². The number of Topliss-reactive ketones (excluding diaryl/α,β-unsaturated/α-hetero) is 1. The molecule has 20 nitrogen and oxygen atoms in total. The zero-order chi connectivity index (χ0) is 85.8. The van der Waals surface area contributed by atoms with E-state index in [1.165, 1.54) is 0 Å². The molecule has 8 rings (SSSR count). The minimum atomic E-state index is -0.744.